The van der Waals surface area contributed by atoms with Gasteiger partial charge in [0.15, 0.2) is 0 Å². The molecule has 0 saturated carbocycles. The van der Waals surface area contributed by atoms with Gasteiger partial charge in [0, 0.05) is 5.69 Å². The Labute approximate surface area is 147 Å². The zero-order valence-corrected chi connectivity index (χ0v) is 14.4. The van der Waals surface area contributed by atoms with Crippen LogP contribution in [0.1, 0.15) is 12.5 Å². The minimum atomic E-state index is -0.650. The van der Waals surface area contributed by atoms with E-state index in [0.717, 1.165) is 11.3 Å². The fraction of sp³-hybridized carbons (Fsp3) is 0.263. The van der Waals surface area contributed by atoms with Gasteiger partial charge in [0.2, 0.25) is 5.91 Å². The summed E-state index contributed by atoms with van der Waals surface area (Å²) in [6.45, 7) is 4.35. The van der Waals surface area contributed by atoms with Gasteiger partial charge >= 0.3 is 6.03 Å². The largest absolute Gasteiger partial charge is 0.492 e. The molecule has 0 saturated heterocycles. The number of carbonyl (C=O) groups excluding carboxylic acids is 2. The first-order chi connectivity index (χ1) is 12.0. The highest BCUT2D eigenvalue weighted by Crippen LogP contribution is 2.10. The molecule has 0 aliphatic carbocycles. The summed E-state index contributed by atoms with van der Waals surface area (Å²) in [6, 6.07) is 15.7. The Morgan fingerprint density at radius 2 is 1.72 bits per heavy atom. The number of carbonyl (C=O) groups is 2. The van der Waals surface area contributed by atoms with E-state index >= 15 is 0 Å². The number of ether oxygens (including phenoxy) is 1. The van der Waals surface area contributed by atoms with Gasteiger partial charge in [0.25, 0.3) is 0 Å². The first kappa shape index (κ1) is 18.3. The molecule has 132 valence electrons. The van der Waals surface area contributed by atoms with E-state index in [4.69, 9.17) is 4.74 Å². The van der Waals surface area contributed by atoms with Gasteiger partial charge in [-0.2, -0.15) is 0 Å². The number of amides is 3. The number of para-hydroxylation sites is 1. The van der Waals surface area contributed by atoms with Crippen LogP contribution in [0.2, 0.25) is 0 Å². The average molecular weight is 341 g/mol. The summed E-state index contributed by atoms with van der Waals surface area (Å²) in [5.74, 6) is 0.490. The minimum Gasteiger partial charge on any atom is -0.492 e. The van der Waals surface area contributed by atoms with E-state index in [1.807, 2.05) is 49.4 Å². The van der Waals surface area contributed by atoms with Gasteiger partial charge in [-0.25, -0.2) is 4.79 Å². The summed E-state index contributed by atoms with van der Waals surface area (Å²) in [6.07, 6.45) is 0. The van der Waals surface area contributed by atoms with Crippen molar-refractivity contribution in [3.05, 3.63) is 60.2 Å². The monoisotopic (exact) mass is 341 g/mol. The summed E-state index contributed by atoms with van der Waals surface area (Å²) in [4.78, 5) is 23.8. The predicted molar refractivity (Wildman–Crippen MR) is 97.7 cm³/mol. The van der Waals surface area contributed by atoms with Crippen LogP contribution in [0, 0.1) is 6.92 Å². The molecule has 25 heavy (non-hydrogen) atoms. The number of anilines is 1. The second kappa shape index (κ2) is 9.32. The van der Waals surface area contributed by atoms with Crippen LogP contribution in [0.3, 0.4) is 0 Å². The molecule has 6 heteroatoms. The van der Waals surface area contributed by atoms with Crippen LogP contribution in [-0.4, -0.2) is 31.1 Å². The Hall–Kier alpha value is -3.02. The third kappa shape index (κ3) is 6.55. The Morgan fingerprint density at radius 3 is 2.40 bits per heavy atom. The molecule has 1 unspecified atom stereocenters. The maximum Gasteiger partial charge on any atom is 0.319 e. The van der Waals surface area contributed by atoms with E-state index in [0.29, 0.717) is 18.8 Å². The fourth-order valence-corrected chi connectivity index (χ4v) is 2.08. The molecule has 3 N–H and O–H groups in total. The van der Waals surface area contributed by atoms with Gasteiger partial charge < -0.3 is 20.7 Å². The molecule has 0 fully saturated rings. The van der Waals surface area contributed by atoms with E-state index in [-0.39, 0.29) is 5.91 Å². The van der Waals surface area contributed by atoms with E-state index in [2.05, 4.69) is 16.0 Å². The first-order valence-corrected chi connectivity index (χ1v) is 8.14. The maximum atomic E-state index is 12.0. The molecular weight excluding hydrogens is 318 g/mol. The highest BCUT2D eigenvalue weighted by molar-refractivity contribution is 5.93. The lowest BCUT2D eigenvalue weighted by molar-refractivity contribution is -0.122. The molecule has 0 radical (unpaired) electrons. The number of rotatable bonds is 7. The molecule has 2 aromatic carbocycles. The highest BCUT2D eigenvalue weighted by atomic mass is 16.5. The number of benzene rings is 2. The fourth-order valence-electron chi connectivity index (χ4n) is 2.08. The van der Waals surface area contributed by atoms with Crippen molar-refractivity contribution in [3.63, 3.8) is 0 Å². The molecule has 2 aromatic rings. The molecule has 3 amide bonds. The molecule has 0 aliphatic heterocycles. The third-order valence-electron chi connectivity index (χ3n) is 3.46. The molecular formula is C19H23N3O3. The summed E-state index contributed by atoms with van der Waals surface area (Å²) < 4.78 is 5.54. The first-order valence-electron chi connectivity index (χ1n) is 8.14. The molecule has 6 nitrogen and oxygen atoms in total. The lowest BCUT2D eigenvalue weighted by Crippen LogP contribution is -2.47. The summed E-state index contributed by atoms with van der Waals surface area (Å²) in [7, 11) is 0. The van der Waals surface area contributed by atoms with Crippen molar-refractivity contribution in [1.82, 2.24) is 10.6 Å². The number of nitrogens with one attached hydrogen (secondary N) is 3. The van der Waals surface area contributed by atoms with Gasteiger partial charge in [0.05, 0.1) is 6.54 Å². The Morgan fingerprint density at radius 1 is 1.04 bits per heavy atom. The summed E-state index contributed by atoms with van der Waals surface area (Å²) in [5, 5.41) is 7.98. The van der Waals surface area contributed by atoms with Crippen LogP contribution in [0.4, 0.5) is 10.5 Å². The van der Waals surface area contributed by atoms with Crippen molar-refractivity contribution in [3.8, 4) is 5.75 Å². The topological polar surface area (TPSA) is 79.5 Å². The van der Waals surface area contributed by atoms with Crippen LogP contribution < -0.4 is 20.7 Å². The zero-order valence-electron chi connectivity index (χ0n) is 14.4. The van der Waals surface area contributed by atoms with Crippen molar-refractivity contribution in [2.75, 3.05) is 18.5 Å². The number of hydrogen-bond donors (Lipinski definition) is 3. The Kier molecular flexibility index (Phi) is 6.83. The molecule has 0 bridgehead atoms. The predicted octanol–water partition coefficient (Wildman–Crippen LogP) is 2.70. The van der Waals surface area contributed by atoms with Gasteiger partial charge in [0.1, 0.15) is 18.4 Å². The van der Waals surface area contributed by atoms with Crippen molar-refractivity contribution in [2.45, 2.75) is 19.9 Å². The average Bonchev–Trinajstić information content (AvgIpc) is 2.60. The molecule has 2 rings (SSSR count). The lowest BCUT2D eigenvalue weighted by atomic mass is 10.2. The Bertz CT molecular complexity index is 687. The van der Waals surface area contributed by atoms with Gasteiger partial charge in [-0.15, -0.1) is 0 Å². The number of hydrogen-bond acceptors (Lipinski definition) is 3. The lowest BCUT2D eigenvalue weighted by Gasteiger charge is -2.15. The normalized spacial score (nSPS) is 11.3. The van der Waals surface area contributed by atoms with Crippen molar-refractivity contribution in [2.24, 2.45) is 0 Å². The summed E-state index contributed by atoms with van der Waals surface area (Å²) in [5.41, 5.74) is 1.83. The van der Waals surface area contributed by atoms with Gasteiger partial charge in [-0.1, -0.05) is 35.9 Å². The van der Waals surface area contributed by atoms with Crippen LogP contribution in [0.5, 0.6) is 5.75 Å². The van der Waals surface area contributed by atoms with Crippen LogP contribution in [0.15, 0.2) is 54.6 Å². The molecule has 0 aromatic heterocycles. The van der Waals surface area contributed by atoms with Crippen LogP contribution in [-0.2, 0) is 4.79 Å². The molecule has 0 aliphatic rings. The summed E-state index contributed by atoms with van der Waals surface area (Å²) >= 11 is 0. The minimum absolute atomic E-state index is 0.268. The molecule has 1 atom stereocenters. The van der Waals surface area contributed by atoms with Crippen molar-refractivity contribution in [1.29, 1.82) is 0 Å². The van der Waals surface area contributed by atoms with E-state index in [1.54, 1.807) is 19.1 Å². The second-order valence-corrected chi connectivity index (χ2v) is 5.64. The Balaban J connectivity index is 1.65. The highest BCUT2D eigenvalue weighted by Gasteiger charge is 2.14. The molecule has 0 spiro atoms. The number of urea groups is 1. The standard InChI is InChI=1S/C19H23N3O3/c1-14-8-10-17(11-9-14)25-13-12-20-18(23)15(2)21-19(24)22-16-6-4-3-5-7-16/h3-11,15H,12-13H2,1-2H3,(H,20,23)(H2,21,22,24). The third-order valence-corrected chi connectivity index (χ3v) is 3.46. The maximum absolute atomic E-state index is 12.0. The van der Waals surface area contributed by atoms with Crippen molar-refractivity contribution < 1.29 is 14.3 Å². The van der Waals surface area contributed by atoms with Crippen LogP contribution in [0.25, 0.3) is 0 Å². The van der Waals surface area contributed by atoms with E-state index in [9.17, 15) is 9.59 Å². The van der Waals surface area contributed by atoms with Gasteiger partial charge in [-0.05, 0) is 38.1 Å². The second-order valence-electron chi connectivity index (χ2n) is 5.64. The van der Waals surface area contributed by atoms with Crippen molar-refractivity contribution >= 4 is 17.6 Å². The van der Waals surface area contributed by atoms with Crippen LogP contribution >= 0.6 is 0 Å². The number of aryl methyl sites for hydroxylation is 1. The van der Waals surface area contributed by atoms with Gasteiger partial charge in [-0.3, -0.25) is 4.79 Å². The quantitative estimate of drug-likeness (QED) is 0.678. The zero-order chi connectivity index (χ0) is 18.1. The smallest absolute Gasteiger partial charge is 0.319 e. The van der Waals surface area contributed by atoms with E-state index < -0.39 is 12.1 Å². The SMILES string of the molecule is Cc1ccc(OCCNC(=O)C(C)NC(=O)Nc2ccccc2)cc1. The molecule has 0 heterocycles. The van der Waals surface area contributed by atoms with E-state index in [1.165, 1.54) is 0 Å².